The normalized spacial score (nSPS) is 21.6. The molecule has 0 saturated carbocycles. The lowest BCUT2D eigenvalue weighted by atomic mass is 10.1. The van der Waals surface area contributed by atoms with Crippen LogP contribution in [0.25, 0.3) is 0 Å². The molecule has 4 heteroatoms. The number of benzene rings is 1. The molecule has 3 rings (SSSR count). The standard InChI is InChI=1S/C13H13N3O/c1-9-6-7-13(17)12(8-9)16-14-10-4-2-3-5-11(10)15-16/h2-8,10,14,17H,1H3. The number of phenols is 1. The van der Waals surface area contributed by atoms with Crippen molar-refractivity contribution in [3.05, 3.63) is 48.1 Å². The maximum absolute atomic E-state index is 9.84. The van der Waals surface area contributed by atoms with E-state index in [4.69, 9.17) is 0 Å². The SMILES string of the molecule is Cc1ccc(O)c(N2N=C3C=CC=CC3N2)c1. The van der Waals surface area contributed by atoms with Crippen molar-refractivity contribution < 1.29 is 5.11 Å². The molecule has 2 aliphatic rings. The minimum Gasteiger partial charge on any atom is -0.506 e. The molecule has 0 spiro atoms. The second-order valence-corrected chi connectivity index (χ2v) is 4.18. The Morgan fingerprint density at radius 2 is 2.24 bits per heavy atom. The first-order valence-electron chi connectivity index (χ1n) is 5.53. The van der Waals surface area contributed by atoms with Crippen LogP contribution in [-0.4, -0.2) is 16.9 Å². The molecule has 0 bridgehead atoms. The number of anilines is 1. The summed E-state index contributed by atoms with van der Waals surface area (Å²) in [5.41, 5.74) is 5.92. The number of nitrogens with one attached hydrogen (secondary N) is 1. The number of phenolic OH excluding ortho intramolecular Hbond substituents is 1. The number of nitrogens with zero attached hydrogens (tertiary/aromatic N) is 2. The average Bonchev–Trinajstić information content (AvgIpc) is 2.75. The van der Waals surface area contributed by atoms with Gasteiger partial charge in [-0.05, 0) is 30.7 Å². The molecule has 1 aromatic rings. The highest BCUT2D eigenvalue weighted by atomic mass is 16.3. The Labute approximate surface area is 99.5 Å². The molecule has 17 heavy (non-hydrogen) atoms. The molecule has 0 aromatic heterocycles. The zero-order valence-electron chi connectivity index (χ0n) is 9.46. The van der Waals surface area contributed by atoms with Crippen LogP contribution in [-0.2, 0) is 0 Å². The number of fused-ring (bicyclic) bond motifs is 1. The fourth-order valence-corrected chi connectivity index (χ4v) is 1.94. The number of aryl methyl sites for hydroxylation is 1. The third kappa shape index (κ3) is 1.72. The Bertz CT molecular complexity index is 546. The van der Waals surface area contributed by atoms with Crippen molar-refractivity contribution in [3.8, 4) is 5.75 Å². The fraction of sp³-hybridized carbons (Fsp3) is 0.154. The maximum Gasteiger partial charge on any atom is 0.142 e. The van der Waals surface area contributed by atoms with Crippen LogP contribution in [0.4, 0.5) is 5.69 Å². The van der Waals surface area contributed by atoms with E-state index in [-0.39, 0.29) is 11.8 Å². The van der Waals surface area contributed by atoms with Gasteiger partial charge in [0.15, 0.2) is 0 Å². The van der Waals surface area contributed by atoms with Crippen LogP contribution in [0.2, 0.25) is 0 Å². The highest BCUT2D eigenvalue weighted by molar-refractivity contribution is 6.03. The van der Waals surface area contributed by atoms with Gasteiger partial charge in [-0.25, -0.2) is 0 Å². The van der Waals surface area contributed by atoms with Gasteiger partial charge in [0.1, 0.15) is 11.4 Å². The second-order valence-electron chi connectivity index (χ2n) is 4.18. The lowest BCUT2D eigenvalue weighted by molar-refractivity contribution is 0.471. The second kappa shape index (κ2) is 3.75. The average molecular weight is 227 g/mol. The first-order valence-corrected chi connectivity index (χ1v) is 5.53. The molecular formula is C13H13N3O. The predicted octanol–water partition coefficient (Wildman–Crippen LogP) is 1.88. The number of hydrazine groups is 1. The monoisotopic (exact) mass is 227 g/mol. The summed E-state index contributed by atoms with van der Waals surface area (Å²) in [5.74, 6) is 0.221. The molecule has 0 amide bonds. The molecule has 0 radical (unpaired) electrons. The summed E-state index contributed by atoms with van der Waals surface area (Å²) in [5, 5.41) is 15.9. The summed E-state index contributed by atoms with van der Waals surface area (Å²) in [6, 6.07) is 5.55. The maximum atomic E-state index is 9.84. The molecular weight excluding hydrogens is 214 g/mol. The largest absolute Gasteiger partial charge is 0.506 e. The molecule has 1 aliphatic carbocycles. The molecule has 86 valence electrons. The summed E-state index contributed by atoms with van der Waals surface area (Å²) in [6.45, 7) is 1.99. The number of rotatable bonds is 1. The van der Waals surface area contributed by atoms with Crippen molar-refractivity contribution in [2.75, 3.05) is 5.12 Å². The van der Waals surface area contributed by atoms with Gasteiger partial charge in [0.25, 0.3) is 0 Å². The number of hydrogen-bond acceptors (Lipinski definition) is 4. The number of hydrazone groups is 1. The van der Waals surface area contributed by atoms with Gasteiger partial charge in [-0.3, -0.25) is 0 Å². The highest BCUT2D eigenvalue weighted by Gasteiger charge is 2.25. The number of aromatic hydroxyl groups is 1. The van der Waals surface area contributed by atoms with Crippen molar-refractivity contribution in [3.63, 3.8) is 0 Å². The number of allylic oxidation sites excluding steroid dienone is 2. The van der Waals surface area contributed by atoms with Gasteiger partial charge in [-0.15, -0.1) is 0 Å². The molecule has 1 unspecified atom stereocenters. The number of hydrogen-bond donors (Lipinski definition) is 2. The molecule has 1 atom stereocenters. The molecule has 1 heterocycles. The third-order valence-electron chi connectivity index (χ3n) is 2.84. The Morgan fingerprint density at radius 1 is 1.35 bits per heavy atom. The van der Waals surface area contributed by atoms with Gasteiger partial charge >= 0.3 is 0 Å². The Kier molecular flexibility index (Phi) is 2.23. The van der Waals surface area contributed by atoms with E-state index in [2.05, 4.69) is 10.5 Å². The highest BCUT2D eigenvalue weighted by Crippen LogP contribution is 2.29. The lowest BCUT2D eigenvalue weighted by Gasteiger charge is -2.17. The zero-order chi connectivity index (χ0) is 11.8. The Balaban J connectivity index is 1.97. The van der Waals surface area contributed by atoms with E-state index < -0.39 is 0 Å². The van der Waals surface area contributed by atoms with Crippen LogP contribution >= 0.6 is 0 Å². The van der Waals surface area contributed by atoms with E-state index in [9.17, 15) is 5.11 Å². The molecule has 2 N–H and O–H groups in total. The van der Waals surface area contributed by atoms with Crippen LogP contribution in [0.15, 0.2) is 47.6 Å². The van der Waals surface area contributed by atoms with Crippen LogP contribution < -0.4 is 10.5 Å². The van der Waals surface area contributed by atoms with Gasteiger partial charge in [0, 0.05) is 0 Å². The first kappa shape index (κ1) is 10.1. The van der Waals surface area contributed by atoms with Gasteiger partial charge in [0.05, 0.1) is 11.8 Å². The lowest BCUT2D eigenvalue weighted by Crippen LogP contribution is -2.36. The summed E-state index contributed by atoms with van der Waals surface area (Å²) in [6.07, 6.45) is 7.93. The molecule has 1 aromatic carbocycles. The first-order chi connectivity index (χ1) is 8.24. The zero-order valence-corrected chi connectivity index (χ0v) is 9.46. The van der Waals surface area contributed by atoms with Gasteiger partial charge in [-0.2, -0.15) is 15.6 Å². The van der Waals surface area contributed by atoms with Crippen molar-refractivity contribution in [1.29, 1.82) is 0 Å². The van der Waals surface area contributed by atoms with E-state index >= 15 is 0 Å². The molecule has 0 fully saturated rings. The van der Waals surface area contributed by atoms with Crippen molar-refractivity contribution in [1.82, 2.24) is 5.43 Å². The summed E-state index contributed by atoms with van der Waals surface area (Å²) in [7, 11) is 0. The molecule has 4 nitrogen and oxygen atoms in total. The van der Waals surface area contributed by atoms with Crippen molar-refractivity contribution in [2.45, 2.75) is 13.0 Å². The van der Waals surface area contributed by atoms with E-state index in [1.807, 2.05) is 43.4 Å². The van der Waals surface area contributed by atoms with E-state index in [0.717, 1.165) is 11.3 Å². The summed E-state index contributed by atoms with van der Waals surface area (Å²) >= 11 is 0. The quantitative estimate of drug-likeness (QED) is 0.770. The van der Waals surface area contributed by atoms with Crippen molar-refractivity contribution >= 4 is 11.4 Å². The minimum absolute atomic E-state index is 0.0971. The topological polar surface area (TPSA) is 47.9 Å². The predicted molar refractivity (Wildman–Crippen MR) is 68.0 cm³/mol. The van der Waals surface area contributed by atoms with Gasteiger partial charge < -0.3 is 5.11 Å². The Morgan fingerprint density at radius 3 is 3.06 bits per heavy atom. The van der Waals surface area contributed by atoms with Crippen LogP contribution in [0.3, 0.4) is 0 Å². The van der Waals surface area contributed by atoms with Gasteiger partial charge in [-0.1, -0.05) is 24.3 Å². The molecule has 0 saturated heterocycles. The van der Waals surface area contributed by atoms with E-state index in [0.29, 0.717) is 5.69 Å². The molecule has 1 aliphatic heterocycles. The van der Waals surface area contributed by atoms with Gasteiger partial charge in [0.2, 0.25) is 0 Å². The van der Waals surface area contributed by atoms with Crippen LogP contribution in [0.1, 0.15) is 5.56 Å². The van der Waals surface area contributed by atoms with Crippen LogP contribution in [0, 0.1) is 6.92 Å². The van der Waals surface area contributed by atoms with Crippen molar-refractivity contribution in [2.24, 2.45) is 5.10 Å². The third-order valence-corrected chi connectivity index (χ3v) is 2.84. The summed E-state index contributed by atoms with van der Waals surface area (Å²) in [4.78, 5) is 0. The van der Waals surface area contributed by atoms with E-state index in [1.165, 1.54) is 0 Å². The minimum atomic E-state index is 0.0971. The summed E-state index contributed by atoms with van der Waals surface area (Å²) < 4.78 is 0. The van der Waals surface area contributed by atoms with Crippen LogP contribution in [0.5, 0.6) is 5.75 Å². The van der Waals surface area contributed by atoms with E-state index in [1.54, 1.807) is 11.2 Å². The smallest absolute Gasteiger partial charge is 0.142 e. The Hall–Kier alpha value is -2.07. The fourth-order valence-electron chi connectivity index (χ4n) is 1.94.